The number of aryl methyl sites for hydroxylation is 2. The van der Waals surface area contributed by atoms with Crippen molar-refractivity contribution in [2.75, 3.05) is 18.5 Å². The number of anilines is 1. The minimum Gasteiger partial charge on any atom is -0.482 e. The van der Waals surface area contributed by atoms with Gasteiger partial charge in [0.25, 0.3) is 11.6 Å². The normalized spacial score (nSPS) is 10.2. The Morgan fingerprint density at radius 3 is 2.52 bits per heavy atom. The molecule has 142 valence electrons. The Bertz CT molecular complexity index is 884. The minimum absolute atomic E-state index is 0.378. The lowest BCUT2D eigenvalue weighted by molar-refractivity contribution is -0.384. The zero-order chi connectivity index (χ0) is 20.0. The molecule has 0 aliphatic carbocycles. The fraction of sp³-hybridized carbons (Fsp3) is 0.222. The van der Waals surface area contributed by atoms with Gasteiger partial charge in [-0.05, 0) is 43.2 Å². The van der Waals surface area contributed by atoms with Crippen LogP contribution in [0.2, 0.25) is 0 Å². The number of carbonyl (C=O) groups is 2. The standard InChI is InChI=1S/C18H17FN2O6/c1-11-3-5-14(7-12(11)2)26-10-18(23)27-9-17(22)20-16-8-13(21(24)25)4-6-15(16)19/h3-8H,9-10H2,1-2H3,(H,20,22). The van der Waals surface area contributed by atoms with Crippen LogP contribution in [0.3, 0.4) is 0 Å². The Hall–Kier alpha value is -3.49. The summed E-state index contributed by atoms with van der Waals surface area (Å²) in [6.45, 7) is 2.76. The summed E-state index contributed by atoms with van der Waals surface area (Å²) < 4.78 is 23.6. The molecule has 0 saturated heterocycles. The SMILES string of the molecule is Cc1ccc(OCC(=O)OCC(=O)Nc2cc([N+](=O)[O-])ccc2F)cc1C. The van der Waals surface area contributed by atoms with E-state index in [1.54, 1.807) is 12.1 Å². The maximum Gasteiger partial charge on any atom is 0.344 e. The third-order valence-corrected chi connectivity index (χ3v) is 3.63. The molecule has 0 aliphatic rings. The molecule has 2 aromatic carbocycles. The highest BCUT2D eigenvalue weighted by Crippen LogP contribution is 2.21. The van der Waals surface area contributed by atoms with E-state index in [1.807, 2.05) is 19.9 Å². The molecule has 0 aromatic heterocycles. The Morgan fingerprint density at radius 1 is 1.11 bits per heavy atom. The van der Waals surface area contributed by atoms with Crippen molar-refractivity contribution in [1.82, 2.24) is 0 Å². The molecule has 0 unspecified atom stereocenters. The van der Waals surface area contributed by atoms with E-state index in [-0.39, 0.29) is 11.4 Å². The third-order valence-electron chi connectivity index (χ3n) is 3.63. The molecule has 8 nitrogen and oxygen atoms in total. The van der Waals surface area contributed by atoms with Gasteiger partial charge in [-0.25, -0.2) is 9.18 Å². The zero-order valence-corrected chi connectivity index (χ0v) is 14.7. The summed E-state index contributed by atoms with van der Waals surface area (Å²) in [6, 6.07) is 8.01. The molecule has 0 radical (unpaired) electrons. The topological polar surface area (TPSA) is 108 Å². The van der Waals surface area contributed by atoms with Crippen LogP contribution in [0.5, 0.6) is 5.75 Å². The van der Waals surface area contributed by atoms with Crippen LogP contribution >= 0.6 is 0 Å². The number of ether oxygens (including phenoxy) is 2. The number of nitrogens with one attached hydrogen (secondary N) is 1. The average Bonchev–Trinajstić information content (AvgIpc) is 2.62. The van der Waals surface area contributed by atoms with Crippen molar-refractivity contribution in [3.63, 3.8) is 0 Å². The average molecular weight is 376 g/mol. The number of hydrogen-bond acceptors (Lipinski definition) is 6. The maximum absolute atomic E-state index is 13.6. The summed E-state index contributed by atoms with van der Waals surface area (Å²) in [4.78, 5) is 33.3. The van der Waals surface area contributed by atoms with Crippen LogP contribution in [0, 0.1) is 29.8 Å². The van der Waals surface area contributed by atoms with E-state index >= 15 is 0 Å². The first-order valence-corrected chi connectivity index (χ1v) is 7.85. The van der Waals surface area contributed by atoms with Gasteiger partial charge in [0.15, 0.2) is 13.2 Å². The number of carbonyl (C=O) groups excluding carboxylic acids is 2. The second-order valence-corrected chi connectivity index (χ2v) is 5.66. The maximum atomic E-state index is 13.6. The number of nitrogens with zero attached hydrogens (tertiary/aromatic N) is 1. The Balaban J connectivity index is 1.82. The van der Waals surface area contributed by atoms with E-state index in [9.17, 15) is 24.1 Å². The largest absolute Gasteiger partial charge is 0.482 e. The van der Waals surface area contributed by atoms with E-state index in [4.69, 9.17) is 9.47 Å². The molecular weight excluding hydrogens is 359 g/mol. The molecule has 0 spiro atoms. The van der Waals surface area contributed by atoms with E-state index in [0.29, 0.717) is 5.75 Å². The highest BCUT2D eigenvalue weighted by atomic mass is 19.1. The van der Waals surface area contributed by atoms with Crippen LogP contribution in [0.15, 0.2) is 36.4 Å². The summed E-state index contributed by atoms with van der Waals surface area (Å²) in [5.41, 5.74) is 1.32. The number of halogens is 1. The van der Waals surface area contributed by atoms with Gasteiger partial charge in [0, 0.05) is 12.1 Å². The van der Waals surface area contributed by atoms with E-state index in [0.717, 1.165) is 29.3 Å². The molecule has 0 saturated carbocycles. The monoisotopic (exact) mass is 376 g/mol. The number of hydrogen-bond donors (Lipinski definition) is 1. The number of non-ortho nitro benzene ring substituents is 1. The van der Waals surface area contributed by atoms with E-state index < -0.39 is 35.8 Å². The zero-order valence-electron chi connectivity index (χ0n) is 14.7. The molecule has 0 bridgehead atoms. The van der Waals surface area contributed by atoms with Crippen LogP contribution < -0.4 is 10.1 Å². The summed E-state index contributed by atoms with van der Waals surface area (Å²) in [5, 5.41) is 12.8. The van der Waals surface area contributed by atoms with Gasteiger partial charge in [-0.1, -0.05) is 6.07 Å². The smallest absolute Gasteiger partial charge is 0.344 e. The quantitative estimate of drug-likeness (QED) is 0.452. The van der Waals surface area contributed by atoms with Gasteiger partial charge in [-0.3, -0.25) is 14.9 Å². The molecule has 27 heavy (non-hydrogen) atoms. The van der Waals surface area contributed by atoms with Crippen LogP contribution in [0.1, 0.15) is 11.1 Å². The predicted molar refractivity (Wildman–Crippen MR) is 94.1 cm³/mol. The van der Waals surface area contributed by atoms with Crippen LogP contribution in [0.25, 0.3) is 0 Å². The molecule has 2 aromatic rings. The van der Waals surface area contributed by atoms with Gasteiger partial charge in [-0.2, -0.15) is 0 Å². The van der Waals surface area contributed by atoms with E-state index in [2.05, 4.69) is 5.32 Å². The lowest BCUT2D eigenvalue weighted by Gasteiger charge is -2.09. The Labute approximate surface area is 154 Å². The highest BCUT2D eigenvalue weighted by molar-refractivity contribution is 5.93. The lowest BCUT2D eigenvalue weighted by Crippen LogP contribution is -2.24. The molecule has 0 aliphatic heterocycles. The first-order chi connectivity index (χ1) is 12.8. The van der Waals surface area contributed by atoms with Crippen LogP contribution in [0.4, 0.5) is 15.8 Å². The molecule has 1 amide bonds. The van der Waals surface area contributed by atoms with Crippen molar-refractivity contribution in [2.45, 2.75) is 13.8 Å². The first kappa shape index (κ1) is 19.8. The number of nitro benzene ring substituents is 1. The van der Waals surface area contributed by atoms with Gasteiger partial charge in [-0.15, -0.1) is 0 Å². The molecule has 0 atom stereocenters. The fourth-order valence-electron chi connectivity index (χ4n) is 2.04. The summed E-state index contributed by atoms with van der Waals surface area (Å²) >= 11 is 0. The molecule has 9 heteroatoms. The number of amides is 1. The van der Waals surface area contributed by atoms with Crippen LogP contribution in [-0.2, 0) is 14.3 Å². The number of nitro groups is 1. The van der Waals surface area contributed by atoms with Gasteiger partial charge in [0.1, 0.15) is 11.6 Å². The lowest BCUT2D eigenvalue weighted by atomic mass is 10.1. The van der Waals surface area contributed by atoms with Gasteiger partial charge >= 0.3 is 5.97 Å². The van der Waals surface area contributed by atoms with E-state index in [1.165, 1.54) is 0 Å². The van der Waals surface area contributed by atoms with Gasteiger partial charge in [0.05, 0.1) is 10.6 Å². The number of esters is 1. The third kappa shape index (κ3) is 5.77. The number of benzene rings is 2. The first-order valence-electron chi connectivity index (χ1n) is 7.85. The molecule has 1 N–H and O–H groups in total. The van der Waals surface area contributed by atoms with Crippen molar-refractivity contribution in [1.29, 1.82) is 0 Å². The summed E-state index contributed by atoms with van der Waals surface area (Å²) in [5.74, 6) is -1.99. The van der Waals surface area contributed by atoms with Crippen molar-refractivity contribution in [3.8, 4) is 5.75 Å². The van der Waals surface area contributed by atoms with Crippen molar-refractivity contribution in [2.24, 2.45) is 0 Å². The molecule has 2 rings (SSSR count). The Morgan fingerprint density at radius 2 is 1.85 bits per heavy atom. The molecular formula is C18H17FN2O6. The molecule has 0 fully saturated rings. The second kappa shape index (κ2) is 8.75. The second-order valence-electron chi connectivity index (χ2n) is 5.66. The summed E-state index contributed by atoms with van der Waals surface area (Å²) in [6.07, 6.45) is 0. The summed E-state index contributed by atoms with van der Waals surface area (Å²) in [7, 11) is 0. The van der Waals surface area contributed by atoms with Crippen molar-refractivity contribution in [3.05, 3.63) is 63.5 Å². The number of rotatable bonds is 7. The molecule has 0 heterocycles. The minimum atomic E-state index is -0.849. The van der Waals surface area contributed by atoms with Gasteiger partial charge in [0.2, 0.25) is 0 Å². The highest BCUT2D eigenvalue weighted by Gasteiger charge is 2.14. The van der Waals surface area contributed by atoms with Crippen molar-refractivity contribution >= 4 is 23.3 Å². The van der Waals surface area contributed by atoms with Crippen molar-refractivity contribution < 1.29 is 28.4 Å². The van der Waals surface area contributed by atoms with Gasteiger partial charge < -0.3 is 14.8 Å². The Kier molecular flexibility index (Phi) is 6.42. The predicted octanol–water partition coefficient (Wildman–Crippen LogP) is 2.91. The fourth-order valence-corrected chi connectivity index (χ4v) is 2.04. The van der Waals surface area contributed by atoms with Crippen LogP contribution in [-0.4, -0.2) is 30.0 Å².